The summed E-state index contributed by atoms with van der Waals surface area (Å²) in [5.74, 6) is -1.05. The van der Waals surface area contributed by atoms with Crippen molar-refractivity contribution in [3.05, 3.63) is 47.5 Å². The van der Waals surface area contributed by atoms with Crippen LogP contribution in [0.1, 0.15) is 19.3 Å². The summed E-state index contributed by atoms with van der Waals surface area (Å²) in [6.45, 7) is 1.36. The quantitative estimate of drug-likeness (QED) is 0.763. The Morgan fingerprint density at radius 1 is 1.17 bits per heavy atom. The van der Waals surface area contributed by atoms with E-state index >= 15 is 0 Å². The van der Waals surface area contributed by atoms with Crippen molar-refractivity contribution in [1.29, 1.82) is 0 Å². The zero-order chi connectivity index (χ0) is 20.4. The summed E-state index contributed by atoms with van der Waals surface area (Å²) in [6, 6.07) is 7.10. The summed E-state index contributed by atoms with van der Waals surface area (Å²) in [5, 5.41) is 0.595. The second-order valence-electron chi connectivity index (χ2n) is 7.23. The number of amides is 2. The van der Waals surface area contributed by atoms with Crippen LogP contribution >= 0.6 is 11.6 Å². The number of anilines is 1. The molecule has 2 fully saturated rings. The van der Waals surface area contributed by atoms with Gasteiger partial charge in [-0.3, -0.25) is 9.59 Å². The average molecular weight is 419 g/mol. The molecule has 152 valence electrons. The number of carbonyl (C=O) groups excluding carboxylic acids is 2. The molecule has 0 bridgehead atoms. The fourth-order valence-electron chi connectivity index (χ4n) is 3.75. The van der Waals surface area contributed by atoms with Crippen molar-refractivity contribution < 1.29 is 18.7 Å². The number of piperidine rings is 1. The smallest absolute Gasteiger partial charge is 0.316 e. The summed E-state index contributed by atoms with van der Waals surface area (Å²) in [7, 11) is 0. The lowest BCUT2D eigenvalue weighted by molar-refractivity contribution is -0.138. The minimum atomic E-state index is -0.533. The van der Waals surface area contributed by atoms with Gasteiger partial charge >= 0.3 is 6.01 Å². The van der Waals surface area contributed by atoms with Crippen LogP contribution in [0.3, 0.4) is 0 Å². The van der Waals surface area contributed by atoms with E-state index in [4.69, 9.17) is 16.3 Å². The van der Waals surface area contributed by atoms with Gasteiger partial charge in [-0.2, -0.15) is 0 Å². The van der Waals surface area contributed by atoms with Crippen molar-refractivity contribution in [3.63, 3.8) is 0 Å². The number of likely N-dealkylation sites (tertiary alicyclic amines) is 1. The van der Waals surface area contributed by atoms with Crippen molar-refractivity contribution in [2.75, 3.05) is 24.5 Å². The lowest BCUT2D eigenvalue weighted by Gasteiger charge is -2.33. The van der Waals surface area contributed by atoms with E-state index in [0.29, 0.717) is 24.7 Å². The summed E-state index contributed by atoms with van der Waals surface area (Å²) >= 11 is 5.91. The second kappa shape index (κ2) is 8.32. The SMILES string of the molecule is O=C(C1CC(=O)N(c2ccc(Cl)cc2)C1)N1CCCC(Oc2ncc(F)cn2)C1. The Morgan fingerprint density at radius 3 is 2.62 bits per heavy atom. The van der Waals surface area contributed by atoms with Crippen molar-refractivity contribution in [1.82, 2.24) is 14.9 Å². The molecule has 0 spiro atoms. The topological polar surface area (TPSA) is 75.6 Å². The molecule has 4 rings (SSSR count). The normalized spacial score (nSPS) is 22.1. The van der Waals surface area contributed by atoms with Crippen molar-refractivity contribution >= 4 is 29.1 Å². The largest absolute Gasteiger partial charge is 0.458 e. The number of hydrogen-bond acceptors (Lipinski definition) is 5. The Hall–Kier alpha value is -2.74. The number of hydrogen-bond donors (Lipinski definition) is 0. The fourth-order valence-corrected chi connectivity index (χ4v) is 3.87. The van der Waals surface area contributed by atoms with E-state index in [1.165, 1.54) is 0 Å². The van der Waals surface area contributed by atoms with E-state index in [1.54, 1.807) is 34.1 Å². The first kappa shape index (κ1) is 19.6. The van der Waals surface area contributed by atoms with Gasteiger partial charge in [-0.25, -0.2) is 14.4 Å². The Kier molecular flexibility index (Phi) is 5.62. The second-order valence-corrected chi connectivity index (χ2v) is 7.67. The number of carbonyl (C=O) groups is 2. The molecule has 2 aromatic rings. The molecule has 0 aliphatic carbocycles. The molecule has 0 radical (unpaired) electrons. The molecule has 1 aromatic carbocycles. The van der Waals surface area contributed by atoms with Crippen LogP contribution in [0.25, 0.3) is 0 Å². The molecule has 2 saturated heterocycles. The minimum Gasteiger partial charge on any atom is -0.458 e. The highest BCUT2D eigenvalue weighted by Crippen LogP contribution is 2.28. The zero-order valence-corrected chi connectivity index (χ0v) is 16.4. The molecular formula is C20H20ClFN4O3. The highest BCUT2D eigenvalue weighted by atomic mass is 35.5. The molecule has 0 N–H and O–H groups in total. The molecule has 9 heteroatoms. The highest BCUT2D eigenvalue weighted by Gasteiger charge is 2.38. The van der Waals surface area contributed by atoms with Gasteiger partial charge in [0.1, 0.15) is 6.10 Å². The predicted molar refractivity (Wildman–Crippen MR) is 104 cm³/mol. The molecule has 2 aliphatic heterocycles. The molecular weight excluding hydrogens is 399 g/mol. The van der Waals surface area contributed by atoms with Crippen LogP contribution in [0, 0.1) is 11.7 Å². The van der Waals surface area contributed by atoms with E-state index in [0.717, 1.165) is 30.9 Å². The molecule has 2 atom stereocenters. The van der Waals surface area contributed by atoms with Gasteiger partial charge in [0.15, 0.2) is 5.82 Å². The van der Waals surface area contributed by atoms with Gasteiger partial charge in [0.05, 0.1) is 24.9 Å². The number of benzene rings is 1. The first-order valence-electron chi connectivity index (χ1n) is 9.48. The third-order valence-corrected chi connectivity index (χ3v) is 5.42. The van der Waals surface area contributed by atoms with Gasteiger partial charge < -0.3 is 14.5 Å². The van der Waals surface area contributed by atoms with Gasteiger partial charge in [-0.05, 0) is 37.1 Å². The monoisotopic (exact) mass is 418 g/mol. The van der Waals surface area contributed by atoms with Crippen LogP contribution in [0.15, 0.2) is 36.7 Å². The van der Waals surface area contributed by atoms with Gasteiger partial charge in [0.2, 0.25) is 11.8 Å². The number of rotatable bonds is 4. The molecule has 29 heavy (non-hydrogen) atoms. The van der Waals surface area contributed by atoms with Crippen molar-refractivity contribution in [3.8, 4) is 6.01 Å². The number of halogens is 2. The fraction of sp³-hybridized carbons (Fsp3) is 0.400. The van der Waals surface area contributed by atoms with Crippen molar-refractivity contribution in [2.45, 2.75) is 25.4 Å². The van der Waals surface area contributed by atoms with Crippen LogP contribution < -0.4 is 9.64 Å². The third kappa shape index (κ3) is 4.48. The van der Waals surface area contributed by atoms with Crippen LogP contribution in [0.2, 0.25) is 5.02 Å². The van der Waals surface area contributed by atoms with E-state index < -0.39 is 5.82 Å². The maximum atomic E-state index is 13.0. The van der Waals surface area contributed by atoms with Crippen LogP contribution in [-0.2, 0) is 9.59 Å². The molecule has 2 unspecified atom stereocenters. The molecule has 7 nitrogen and oxygen atoms in total. The Bertz CT molecular complexity index is 894. The van der Waals surface area contributed by atoms with Gasteiger partial charge in [0, 0.05) is 30.2 Å². The van der Waals surface area contributed by atoms with E-state index in [-0.39, 0.29) is 36.3 Å². The van der Waals surface area contributed by atoms with Crippen LogP contribution in [-0.4, -0.2) is 52.4 Å². The molecule has 2 amide bonds. The maximum absolute atomic E-state index is 13.0. The van der Waals surface area contributed by atoms with Gasteiger partial charge in [-0.1, -0.05) is 11.6 Å². The van der Waals surface area contributed by atoms with Gasteiger partial charge in [-0.15, -0.1) is 0 Å². The molecule has 1 aromatic heterocycles. The van der Waals surface area contributed by atoms with Crippen LogP contribution in [0.4, 0.5) is 10.1 Å². The highest BCUT2D eigenvalue weighted by molar-refractivity contribution is 6.30. The molecule has 2 aliphatic rings. The minimum absolute atomic E-state index is 0.0526. The Morgan fingerprint density at radius 2 is 1.90 bits per heavy atom. The van der Waals surface area contributed by atoms with E-state index in [9.17, 15) is 14.0 Å². The summed E-state index contributed by atoms with van der Waals surface area (Å²) in [6.07, 6.45) is 3.55. The molecule has 0 saturated carbocycles. The Balaban J connectivity index is 1.38. The van der Waals surface area contributed by atoms with Crippen molar-refractivity contribution in [2.24, 2.45) is 5.92 Å². The van der Waals surface area contributed by atoms with Crippen LogP contribution in [0.5, 0.6) is 6.01 Å². The Labute approximate surface area is 172 Å². The first-order valence-corrected chi connectivity index (χ1v) is 9.86. The number of nitrogens with zero attached hydrogens (tertiary/aromatic N) is 4. The molecule has 3 heterocycles. The first-order chi connectivity index (χ1) is 14.0. The average Bonchev–Trinajstić information content (AvgIpc) is 3.11. The number of aromatic nitrogens is 2. The summed E-state index contributed by atoms with van der Waals surface area (Å²) in [4.78, 5) is 36.4. The lowest BCUT2D eigenvalue weighted by atomic mass is 10.0. The van der Waals surface area contributed by atoms with Gasteiger partial charge in [0.25, 0.3) is 0 Å². The predicted octanol–water partition coefficient (Wildman–Crippen LogP) is 2.69. The third-order valence-electron chi connectivity index (χ3n) is 5.17. The zero-order valence-electron chi connectivity index (χ0n) is 15.6. The maximum Gasteiger partial charge on any atom is 0.316 e. The summed E-state index contributed by atoms with van der Waals surface area (Å²) < 4.78 is 18.6. The van der Waals surface area contributed by atoms with E-state index in [2.05, 4.69) is 9.97 Å². The van der Waals surface area contributed by atoms with E-state index in [1.807, 2.05) is 0 Å². The standard InChI is InChI=1S/C20H20ClFN4O3/c21-14-3-5-16(6-4-14)26-11-13(8-18(26)27)19(28)25-7-1-2-17(12-25)29-20-23-9-15(22)10-24-20/h3-6,9-10,13,17H,1-2,7-8,11-12H2. The number of ether oxygens (including phenoxy) is 1. The summed E-state index contributed by atoms with van der Waals surface area (Å²) in [5.41, 5.74) is 0.739. The lowest BCUT2D eigenvalue weighted by Crippen LogP contribution is -2.47.